The van der Waals surface area contributed by atoms with E-state index in [0.717, 1.165) is 12.0 Å². The van der Waals surface area contributed by atoms with Crippen LogP contribution in [-0.2, 0) is 0 Å². The van der Waals surface area contributed by atoms with Gasteiger partial charge in [-0.05, 0) is 36.1 Å². The van der Waals surface area contributed by atoms with E-state index in [2.05, 4.69) is 13.8 Å². The molecule has 0 aliphatic rings. The highest BCUT2D eigenvalue weighted by Gasteiger charge is 2.09. The van der Waals surface area contributed by atoms with Crippen LogP contribution in [0.3, 0.4) is 0 Å². The maximum absolute atomic E-state index is 8.34. The molecule has 1 rings (SSSR count). The van der Waals surface area contributed by atoms with Gasteiger partial charge in [-0.1, -0.05) is 123 Å². The van der Waals surface area contributed by atoms with Crippen molar-refractivity contribution in [3.63, 3.8) is 0 Å². The minimum absolute atomic E-state index is 0.543. The van der Waals surface area contributed by atoms with E-state index in [-0.39, 0.29) is 0 Å². The molecule has 5 N–H and O–H groups in total. The Morgan fingerprint density at radius 1 is 0.677 bits per heavy atom. The minimum atomic E-state index is 0.543. The fourth-order valence-electron chi connectivity index (χ4n) is 4.46. The normalized spacial score (nSPS) is 12.2. The first-order valence-corrected chi connectivity index (χ1v) is 13.3. The Morgan fingerprint density at radius 3 is 1.48 bits per heavy atom. The maximum Gasteiger partial charge on any atom is 0.0390 e. The Hall–Kier alpha value is -1.51. The summed E-state index contributed by atoms with van der Waals surface area (Å²) < 4.78 is 0. The van der Waals surface area contributed by atoms with Gasteiger partial charge in [-0.2, -0.15) is 0 Å². The molecule has 0 aliphatic heterocycles. The number of hydrogen-bond donors (Lipinski definition) is 3. The van der Waals surface area contributed by atoms with Crippen LogP contribution >= 0.6 is 0 Å². The molecule has 178 valence electrons. The van der Waals surface area contributed by atoms with Crippen molar-refractivity contribution in [2.45, 2.75) is 129 Å². The van der Waals surface area contributed by atoms with Crippen molar-refractivity contribution < 1.29 is 0 Å². The van der Waals surface area contributed by atoms with E-state index in [1.54, 1.807) is 6.07 Å². The van der Waals surface area contributed by atoms with E-state index in [1.807, 2.05) is 12.1 Å². The molecule has 0 aliphatic carbocycles. The molecule has 1 aromatic carbocycles. The summed E-state index contributed by atoms with van der Waals surface area (Å²) in [6.07, 6.45) is 24.6. The summed E-state index contributed by atoms with van der Waals surface area (Å²) in [7, 11) is 0. The quantitative estimate of drug-likeness (QED) is 0.110. The third-order valence-corrected chi connectivity index (χ3v) is 6.43. The van der Waals surface area contributed by atoms with Gasteiger partial charge in [-0.3, -0.25) is 0 Å². The van der Waals surface area contributed by atoms with E-state index in [9.17, 15) is 0 Å². The number of unbranched alkanes of at least 4 members (excludes halogenated alkanes) is 15. The van der Waals surface area contributed by atoms with Crippen LogP contribution in [0.4, 0.5) is 11.4 Å². The van der Waals surface area contributed by atoms with Gasteiger partial charge in [-0.25, -0.2) is 0 Å². The van der Waals surface area contributed by atoms with Crippen LogP contribution in [0.5, 0.6) is 0 Å². The van der Waals surface area contributed by atoms with Crippen LogP contribution in [-0.4, -0.2) is 5.71 Å². The van der Waals surface area contributed by atoms with Gasteiger partial charge in [0.15, 0.2) is 0 Å². The van der Waals surface area contributed by atoms with Crippen molar-refractivity contribution in [2.75, 3.05) is 11.5 Å². The summed E-state index contributed by atoms with van der Waals surface area (Å²) in [6.45, 7) is 4.55. The number of nitrogens with two attached hydrogens (primary N) is 2. The fourth-order valence-corrected chi connectivity index (χ4v) is 4.46. The number of anilines is 2. The smallest absolute Gasteiger partial charge is 0.0390 e. The lowest BCUT2D eigenvalue weighted by molar-refractivity contribution is 0.488. The molecule has 1 unspecified atom stereocenters. The molecule has 0 heterocycles. The second-order valence-corrected chi connectivity index (χ2v) is 9.77. The summed E-state index contributed by atoms with van der Waals surface area (Å²) in [5.74, 6) is 0.543. The van der Waals surface area contributed by atoms with Crippen LogP contribution in [0.25, 0.3) is 0 Å². The summed E-state index contributed by atoms with van der Waals surface area (Å²) in [4.78, 5) is 0. The SMILES string of the molecule is CCCCCCCCCCCCCCCCCCC(C)CC(=N)c1cc(N)cc(N)c1. The zero-order chi connectivity index (χ0) is 22.7. The van der Waals surface area contributed by atoms with Crippen molar-refractivity contribution in [1.82, 2.24) is 0 Å². The van der Waals surface area contributed by atoms with Crippen molar-refractivity contribution in [2.24, 2.45) is 5.92 Å². The predicted molar refractivity (Wildman–Crippen MR) is 140 cm³/mol. The molecule has 0 saturated carbocycles. The first kappa shape index (κ1) is 27.5. The van der Waals surface area contributed by atoms with E-state index in [0.29, 0.717) is 23.0 Å². The Kier molecular flexibility index (Phi) is 16.1. The molecular weight excluding hydrogens is 378 g/mol. The van der Waals surface area contributed by atoms with Gasteiger partial charge in [-0.15, -0.1) is 0 Å². The van der Waals surface area contributed by atoms with Crippen molar-refractivity contribution in [3.8, 4) is 0 Å². The number of nitrogens with one attached hydrogen (secondary N) is 1. The largest absolute Gasteiger partial charge is 0.399 e. The highest BCUT2D eigenvalue weighted by molar-refractivity contribution is 5.99. The molecule has 0 radical (unpaired) electrons. The Bertz CT molecular complexity index is 561. The fraction of sp³-hybridized carbons (Fsp3) is 0.750. The molecule has 1 atom stereocenters. The van der Waals surface area contributed by atoms with E-state index in [4.69, 9.17) is 16.9 Å². The topological polar surface area (TPSA) is 75.9 Å². The second-order valence-electron chi connectivity index (χ2n) is 9.77. The molecular formula is C28H51N3. The van der Waals surface area contributed by atoms with E-state index >= 15 is 0 Å². The summed E-state index contributed by atoms with van der Waals surface area (Å²) >= 11 is 0. The van der Waals surface area contributed by atoms with Crippen LogP contribution in [0.15, 0.2) is 18.2 Å². The van der Waals surface area contributed by atoms with Gasteiger partial charge < -0.3 is 16.9 Å². The Labute approximate surface area is 193 Å². The zero-order valence-electron chi connectivity index (χ0n) is 20.7. The molecule has 0 spiro atoms. The number of nitrogen functional groups attached to an aromatic ring is 2. The monoisotopic (exact) mass is 429 g/mol. The van der Waals surface area contributed by atoms with Crippen LogP contribution < -0.4 is 11.5 Å². The van der Waals surface area contributed by atoms with Gasteiger partial charge in [0.05, 0.1) is 0 Å². The predicted octanol–water partition coefficient (Wildman–Crippen LogP) is 8.90. The highest BCUT2D eigenvalue weighted by Crippen LogP contribution is 2.20. The first-order chi connectivity index (χ1) is 15.0. The van der Waals surface area contributed by atoms with Gasteiger partial charge in [0.1, 0.15) is 0 Å². The van der Waals surface area contributed by atoms with Gasteiger partial charge in [0, 0.05) is 17.1 Å². The molecule has 0 aromatic heterocycles. The lowest BCUT2D eigenvalue weighted by Crippen LogP contribution is -2.07. The average molecular weight is 430 g/mol. The molecule has 0 fully saturated rings. The molecule has 0 saturated heterocycles. The first-order valence-electron chi connectivity index (χ1n) is 13.3. The molecule has 31 heavy (non-hydrogen) atoms. The molecule has 0 amide bonds. The van der Waals surface area contributed by atoms with Crippen molar-refractivity contribution in [3.05, 3.63) is 23.8 Å². The van der Waals surface area contributed by atoms with Crippen LogP contribution in [0.1, 0.15) is 135 Å². The zero-order valence-corrected chi connectivity index (χ0v) is 20.7. The van der Waals surface area contributed by atoms with Gasteiger partial charge >= 0.3 is 0 Å². The lowest BCUT2D eigenvalue weighted by Gasteiger charge is -2.13. The molecule has 3 nitrogen and oxygen atoms in total. The minimum Gasteiger partial charge on any atom is -0.399 e. The number of rotatable bonds is 20. The maximum atomic E-state index is 8.34. The highest BCUT2D eigenvalue weighted by atomic mass is 14.6. The Balaban J connectivity index is 1.90. The summed E-state index contributed by atoms with van der Waals surface area (Å²) in [5, 5.41) is 8.34. The average Bonchev–Trinajstić information content (AvgIpc) is 2.72. The van der Waals surface area contributed by atoms with Crippen LogP contribution in [0.2, 0.25) is 0 Å². The molecule has 1 aromatic rings. The van der Waals surface area contributed by atoms with Crippen molar-refractivity contribution in [1.29, 1.82) is 5.41 Å². The van der Waals surface area contributed by atoms with E-state index in [1.165, 1.54) is 109 Å². The van der Waals surface area contributed by atoms with Gasteiger partial charge in [0.25, 0.3) is 0 Å². The second kappa shape index (κ2) is 18.1. The Morgan fingerprint density at radius 2 is 1.06 bits per heavy atom. The third kappa shape index (κ3) is 15.0. The van der Waals surface area contributed by atoms with Crippen molar-refractivity contribution >= 4 is 17.1 Å². The molecule has 3 heteroatoms. The lowest BCUT2D eigenvalue weighted by atomic mass is 9.93. The third-order valence-electron chi connectivity index (χ3n) is 6.43. The van der Waals surface area contributed by atoms with Crippen LogP contribution in [0, 0.1) is 11.3 Å². The molecule has 0 bridgehead atoms. The summed E-state index contributed by atoms with van der Waals surface area (Å²) in [5.41, 5.74) is 14.5. The number of benzene rings is 1. The number of hydrogen-bond acceptors (Lipinski definition) is 3. The van der Waals surface area contributed by atoms with E-state index < -0.39 is 0 Å². The van der Waals surface area contributed by atoms with Gasteiger partial charge in [0.2, 0.25) is 0 Å². The standard InChI is InChI=1S/C28H51N3/c1-3-4-5-6-7-8-9-10-11-12-13-14-15-16-17-18-19-24(2)20-28(31)25-21-26(29)23-27(30)22-25/h21-24,31H,3-20,29-30H2,1-2H3. The summed E-state index contributed by atoms with van der Waals surface area (Å²) in [6, 6.07) is 5.47.